The molecule has 0 aliphatic rings. The van der Waals surface area contributed by atoms with Crippen LogP contribution in [0.1, 0.15) is 23.6 Å². The molecule has 31 heavy (non-hydrogen) atoms. The number of ether oxygens (including phenoxy) is 2. The van der Waals surface area contributed by atoms with E-state index < -0.39 is 0 Å². The van der Waals surface area contributed by atoms with Gasteiger partial charge in [-0.3, -0.25) is 0 Å². The molecule has 7 heteroatoms. The Hall–Kier alpha value is -2.77. The maximum absolute atomic E-state index is 5.95. The highest BCUT2D eigenvalue weighted by Gasteiger charge is 2.07. The molecule has 0 radical (unpaired) electrons. The first-order valence-electron chi connectivity index (χ1n) is 9.81. The SMILES string of the molecule is CCOc1cc(C=NN=C(N)SCc2ccccc2)ccc1OCc1ccc(Br)cc1. The molecule has 2 N–H and O–H groups in total. The van der Waals surface area contributed by atoms with Crippen molar-refractivity contribution >= 4 is 39.1 Å². The highest BCUT2D eigenvalue weighted by atomic mass is 79.9. The van der Waals surface area contributed by atoms with Crippen molar-refractivity contribution in [2.45, 2.75) is 19.3 Å². The van der Waals surface area contributed by atoms with Crippen molar-refractivity contribution in [2.24, 2.45) is 15.9 Å². The molecule has 0 bridgehead atoms. The third-order valence-electron chi connectivity index (χ3n) is 4.17. The van der Waals surface area contributed by atoms with E-state index in [4.69, 9.17) is 15.2 Å². The lowest BCUT2D eigenvalue weighted by Crippen LogP contribution is -2.06. The van der Waals surface area contributed by atoms with Crippen LogP contribution in [0.5, 0.6) is 11.5 Å². The summed E-state index contributed by atoms with van der Waals surface area (Å²) in [6, 6.07) is 23.8. The van der Waals surface area contributed by atoms with Crippen LogP contribution < -0.4 is 15.2 Å². The minimum Gasteiger partial charge on any atom is -0.490 e. The molecule has 0 aromatic heterocycles. The molecular weight excluding hydrogens is 474 g/mol. The standard InChI is InChI=1S/C24H24BrN3O2S/c1-2-29-23-14-20(10-13-22(23)30-16-18-8-11-21(25)12-9-18)15-27-28-24(26)31-17-19-6-4-3-5-7-19/h3-15H,2,16-17H2,1H3,(H2,26,28). The normalized spacial score (nSPS) is 11.6. The largest absolute Gasteiger partial charge is 0.490 e. The Bertz CT molecular complexity index is 1020. The second kappa shape index (κ2) is 12.2. The number of hydrogen-bond donors (Lipinski definition) is 1. The predicted octanol–water partition coefficient (Wildman–Crippen LogP) is 6.01. The first-order chi connectivity index (χ1) is 15.1. The average molecular weight is 498 g/mol. The van der Waals surface area contributed by atoms with E-state index in [1.54, 1.807) is 6.21 Å². The molecule has 0 unspecified atom stereocenters. The molecular formula is C24H24BrN3O2S. The van der Waals surface area contributed by atoms with E-state index in [-0.39, 0.29) is 0 Å². The van der Waals surface area contributed by atoms with Crippen molar-refractivity contribution < 1.29 is 9.47 Å². The summed E-state index contributed by atoms with van der Waals surface area (Å²) in [6.45, 7) is 2.94. The maximum Gasteiger partial charge on any atom is 0.180 e. The highest BCUT2D eigenvalue weighted by Crippen LogP contribution is 2.29. The number of halogens is 1. The minimum atomic E-state index is 0.416. The van der Waals surface area contributed by atoms with Gasteiger partial charge in [0, 0.05) is 10.2 Å². The fourth-order valence-electron chi connectivity index (χ4n) is 2.65. The van der Waals surface area contributed by atoms with Crippen LogP contribution in [-0.2, 0) is 12.4 Å². The zero-order chi connectivity index (χ0) is 21.9. The zero-order valence-corrected chi connectivity index (χ0v) is 19.6. The summed E-state index contributed by atoms with van der Waals surface area (Å²) in [6.07, 6.45) is 1.65. The first-order valence-corrected chi connectivity index (χ1v) is 11.6. The number of hydrogen-bond acceptors (Lipinski definition) is 5. The molecule has 0 saturated carbocycles. The molecule has 0 amide bonds. The lowest BCUT2D eigenvalue weighted by Gasteiger charge is -2.12. The molecule has 0 aliphatic carbocycles. The summed E-state index contributed by atoms with van der Waals surface area (Å²) in [5.74, 6) is 2.10. The molecule has 3 aromatic rings. The van der Waals surface area contributed by atoms with Gasteiger partial charge in [-0.2, -0.15) is 5.10 Å². The van der Waals surface area contributed by atoms with Crippen LogP contribution in [0.15, 0.2) is 87.5 Å². The van der Waals surface area contributed by atoms with Crippen molar-refractivity contribution in [3.63, 3.8) is 0 Å². The van der Waals surface area contributed by atoms with Crippen LogP contribution in [0, 0.1) is 0 Å². The monoisotopic (exact) mass is 497 g/mol. The molecule has 0 saturated heterocycles. The van der Waals surface area contributed by atoms with Crippen LogP contribution >= 0.6 is 27.7 Å². The van der Waals surface area contributed by atoms with Gasteiger partial charge in [-0.1, -0.05) is 70.2 Å². The van der Waals surface area contributed by atoms with Crippen molar-refractivity contribution in [3.05, 3.63) is 94.0 Å². The van der Waals surface area contributed by atoms with Crippen molar-refractivity contribution in [1.29, 1.82) is 0 Å². The van der Waals surface area contributed by atoms with E-state index in [2.05, 4.69) is 38.3 Å². The molecule has 0 fully saturated rings. The van der Waals surface area contributed by atoms with Crippen LogP contribution in [0.2, 0.25) is 0 Å². The van der Waals surface area contributed by atoms with Crippen molar-refractivity contribution in [1.82, 2.24) is 0 Å². The van der Waals surface area contributed by atoms with Gasteiger partial charge in [0.25, 0.3) is 0 Å². The first kappa shape index (κ1) is 22.9. The van der Waals surface area contributed by atoms with Gasteiger partial charge in [-0.15, -0.1) is 5.10 Å². The van der Waals surface area contributed by atoms with E-state index in [9.17, 15) is 0 Å². The number of rotatable bonds is 9. The van der Waals surface area contributed by atoms with Gasteiger partial charge >= 0.3 is 0 Å². The molecule has 0 heterocycles. The van der Waals surface area contributed by atoms with Crippen LogP contribution in [-0.4, -0.2) is 18.0 Å². The number of benzene rings is 3. The molecule has 3 aromatic carbocycles. The van der Waals surface area contributed by atoms with Gasteiger partial charge in [0.1, 0.15) is 6.61 Å². The average Bonchev–Trinajstić information content (AvgIpc) is 2.79. The molecule has 0 atom stereocenters. The number of amidine groups is 1. The lowest BCUT2D eigenvalue weighted by molar-refractivity contribution is 0.269. The van der Waals surface area contributed by atoms with Gasteiger partial charge in [-0.05, 0) is 53.9 Å². The van der Waals surface area contributed by atoms with Crippen LogP contribution in [0.4, 0.5) is 0 Å². The topological polar surface area (TPSA) is 69.2 Å². The van der Waals surface area contributed by atoms with E-state index in [0.717, 1.165) is 21.4 Å². The quantitative estimate of drug-likeness (QED) is 0.223. The van der Waals surface area contributed by atoms with Crippen LogP contribution in [0.3, 0.4) is 0 Å². The van der Waals surface area contributed by atoms with Gasteiger partial charge in [0.05, 0.1) is 12.8 Å². The van der Waals surface area contributed by atoms with Gasteiger partial charge < -0.3 is 15.2 Å². The molecule has 5 nitrogen and oxygen atoms in total. The minimum absolute atomic E-state index is 0.416. The van der Waals surface area contributed by atoms with Crippen molar-refractivity contribution in [3.8, 4) is 11.5 Å². The highest BCUT2D eigenvalue weighted by molar-refractivity contribution is 9.10. The van der Waals surface area contributed by atoms with Crippen molar-refractivity contribution in [2.75, 3.05) is 6.61 Å². The molecule has 0 aliphatic heterocycles. The summed E-state index contributed by atoms with van der Waals surface area (Å²) >= 11 is 4.89. The summed E-state index contributed by atoms with van der Waals surface area (Å²) in [5.41, 5.74) is 9.06. The third kappa shape index (κ3) is 7.77. The number of nitrogens with zero attached hydrogens (tertiary/aromatic N) is 2. The Balaban J connectivity index is 1.60. The smallest absolute Gasteiger partial charge is 0.180 e. The molecule has 0 spiro atoms. The van der Waals surface area contributed by atoms with E-state index in [1.165, 1.54) is 17.3 Å². The fourth-order valence-corrected chi connectivity index (χ4v) is 3.52. The van der Waals surface area contributed by atoms with E-state index in [1.807, 2.05) is 67.6 Å². The molecule has 160 valence electrons. The summed E-state index contributed by atoms with van der Waals surface area (Å²) < 4.78 is 12.7. The number of thioether (sulfide) groups is 1. The van der Waals surface area contributed by atoms with Gasteiger partial charge in [0.15, 0.2) is 16.7 Å². The predicted molar refractivity (Wildman–Crippen MR) is 133 cm³/mol. The van der Waals surface area contributed by atoms with E-state index in [0.29, 0.717) is 29.9 Å². The number of nitrogens with two attached hydrogens (primary N) is 1. The molecule has 3 rings (SSSR count). The van der Waals surface area contributed by atoms with Gasteiger partial charge in [-0.25, -0.2) is 0 Å². The summed E-state index contributed by atoms with van der Waals surface area (Å²) in [7, 11) is 0. The Labute approximate surface area is 195 Å². The Morgan fingerprint density at radius 3 is 2.48 bits per heavy atom. The Morgan fingerprint density at radius 2 is 1.74 bits per heavy atom. The summed E-state index contributed by atoms with van der Waals surface area (Å²) in [4.78, 5) is 0. The zero-order valence-electron chi connectivity index (χ0n) is 17.2. The second-order valence-corrected chi connectivity index (χ2v) is 8.42. The van der Waals surface area contributed by atoms with Crippen LogP contribution in [0.25, 0.3) is 0 Å². The lowest BCUT2D eigenvalue weighted by atomic mass is 10.2. The maximum atomic E-state index is 5.95. The Kier molecular flexibility index (Phi) is 8.99. The second-order valence-electron chi connectivity index (χ2n) is 6.51. The van der Waals surface area contributed by atoms with Gasteiger partial charge in [0.2, 0.25) is 0 Å². The van der Waals surface area contributed by atoms with E-state index >= 15 is 0 Å². The fraction of sp³-hybridized carbons (Fsp3) is 0.167. The Morgan fingerprint density at radius 1 is 0.968 bits per heavy atom. The third-order valence-corrected chi connectivity index (χ3v) is 5.55. The summed E-state index contributed by atoms with van der Waals surface area (Å²) in [5, 5.41) is 8.59.